The lowest BCUT2D eigenvalue weighted by Gasteiger charge is -2.44. The Balaban J connectivity index is 1.22. The highest BCUT2D eigenvalue weighted by molar-refractivity contribution is 7.90. The van der Waals surface area contributed by atoms with Gasteiger partial charge >= 0.3 is 5.97 Å². The third-order valence-electron chi connectivity index (χ3n) is 8.23. The Kier molecular flexibility index (Phi) is 10.5. The van der Waals surface area contributed by atoms with E-state index >= 15 is 0 Å². The second-order valence-corrected chi connectivity index (χ2v) is 13.7. The number of fused-ring (bicyclic) bond motifs is 1. The normalized spacial score (nSPS) is 17.6. The van der Waals surface area contributed by atoms with Gasteiger partial charge in [-0.1, -0.05) is 18.2 Å². The summed E-state index contributed by atoms with van der Waals surface area (Å²) in [6.45, 7) is 8.26. The van der Waals surface area contributed by atoms with E-state index in [-0.39, 0.29) is 17.3 Å². The molecule has 1 aliphatic heterocycles. The first-order valence-electron chi connectivity index (χ1n) is 15.2. The smallest absolute Gasteiger partial charge is 0.329 e. The van der Waals surface area contributed by atoms with Gasteiger partial charge in [0.15, 0.2) is 9.84 Å². The summed E-state index contributed by atoms with van der Waals surface area (Å²) >= 11 is 0. The van der Waals surface area contributed by atoms with Gasteiger partial charge in [0.05, 0.1) is 11.5 Å². The van der Waals surface area contributed by atoms with Crippen LogP contribution in [-0.4, -0.2) is 98.7 Å². The number of piperazine rings is 1. The third-order valence-corrected chi connectivity index (χ3v) is 9.36. The fourth-order valence-electron chi connectivity index (χ4n) is 5.74. The molecule has 10 nitrogen and oxygen atoms in total. The van der Waals surface area contributed by atoms with Crippen LogP contribution in [0.3, 0.4) is 0 Å². The largest absolute Gasteiger partial charge is 0.508 e. The van der Waals surface area contributed by atoms with Crippen molar-refractivity contribution in [2.75, 3.05) is 52.3 Å². The predicted molar refractivity (Wildman–Crippen MR) is 177 cm³/mol. The number of aliphatic carboxylic acids is 1. The molecular formula is C35H40N2O8S. The lowest BCUT2D eigenvalue weighted by atomic mass is 9.99. The summed E-state index contributed by atoms with van der Waals surface area (Å²) in [7, 11) is -3.33. The van der Waals surface area contributed by atoms with Crippen LogP contribution in [0.5, 0.6) is 23.0 Å². The molecule has 4 aromatic rings. The van der Waals surface area contributed by atoms with Crippen molar-refractivity contribution in [3.63, 3.8) is 0 Å². The zero-order chi connectivity index (χ0) is 32.8. The highest BCUT2D eigenvalue weighted by Gasteiger charge is 2.28. The second-order valence-electron chi connectivity index (χ2n) is 11.7. The fourth-order valence-corrected chi connectivity index (χ4v) is 6.37. The summed E-state index contributed by atoms with van der Waals surface area (Å²) in [6.07, 6.45) is 1.18. The number of ether oxygens (including phenoxy) is 3. The van der Waals surface area contributed by atoms with E-state index in [4.69, 9.17) is 19.3 Å². The van der Waals surface area contributed by atoms with Crippen LogP contribution in [0.1, 0.15) is 13.8 Å². The number of aromatic hydroxyl groups is 1. The Morgan fingerprint density at radius 2 is 1.48 bits per heavy atom. The van der Waals surface area contributed by atoms with Gasteiger partial charge in [-0.25, -0.2) is 13.2 Å². The predicted octanol–water partition coefficient (Wildman–Crippen LogP) is 5.28. The van der Waals surface area contributed by atoms with Crippen molar-refractivity contribution in [3.8, 4) is 34.1 Å². The van der Waals surface area contributed by atoms with Crippen LogP contribution in [0.25, 0.3) is 21.9 Å². The van der Waals surface area contributed by atoms with Gasteiger partial charge in [0.1, 0.15) is 36.2 Å². The Bertz CT molecular complexity index is 1760. The van der Waals surface area contributed by atoms with E-state index in [0.717, 1.165) is 47.3 Å². The maximum absolute atomic E-state index is 12.0. The van der Waals surface area contributed by atoms with Gasteiger partial charge in [0.2, 0.25) is 0 Å². The molecule has 0 saturated carbocycles. The number of carbonyl (C=O) groups is 1. The van der Waals surface area contributed by atoms with Gasteiger partial charge < -0.3 is 24.4 Å². The van der Waals surface area contributed by atoms with Gasteiger partial charge in [-0.2, -0.15) is 0 Å². The SMILES string of the molecule is C[C@@H]1CN(CCOCC(=O)O)[C@@H](C)CN1CCOc1ccc(Oc2c(-c3ccc(S(C)(=O)=O)cc3)ccc3cc(O)ccc23)cc1. The highest BCUT2D eigenvalue weighted by Crippen LogP contribution is 2.41. The highest BCUT2D eigenvalue weighted by atomic mass is 32.2. The number of carboxylic acids is 1. The first kappa shape index (κ1) is 33.2. The van der Waals surface area contributed by atoms with Crippen LogP contribution in [0.4, 0.5) is 0 Å². The monoisotopic (exact) mass is 648 g/mol. The third kappa shape index (κ3) is 8.35. The molecule has 0 amide bonds. The van der Waals surface area contributed by atoms with Gasteiger partial charge in [-0.15, -0.1) is 0 Å². The maximum atomic E-state index is 12.0. The molecule has 5 rings (SSSR count). The molecule has 0 bridgehead atoms. The second kappa shape index (κ2) is 14.5. The molecular weight excluding hydrogens is 608 g/mol. The summed E-state index contributed by atoms with van der Waals surface area (Å²) in [5.74, 6) is 1.12. The first-order valence-corrected chi connectivity index (χ1v) is 17.1. The van der Waals surface area contributed by atoms with Crippen molar-refractivity contribution >= 4 is 26.6 Å². The Hall–Kier alpha value is -4.16. The van der Waals surface area contributed by atoms with E-state index < -0.39 is 15.8 Å². The molecule has 0 radical (unpaired) electrons. The van der Waals surface area contributed by atoms with Crippen molar-refractivity contribution in [2.45, 2.75) is 30.8 Å². The number of hydrogen-bond acceptors (Lipinski definition) is 9. The molecule has 0 unspecified atom stereocenters. The first-order chi connectivity index (χ1) is 22.0. The minimum absolute atomic E-state index is 0.151. The number of phenolic OH excluding ortho intramolecular Hbond substituents is 1. The van der Waals surface area contributed by atoms with Gasteiger partial charge in [0, 0.05) is 55.5 Å². The molecule has 2 N–H and O–H groups in total. The van der Waals surface area contributed by atoms with E-state index in [1.807, 2.05) is 36.4 Å². The Labute approximate surface area is 269 Å². The zero-order valence-corrected chi connectivity index (χ0v) is 27.1. The number of phenols is 1. The molecule has 1 saturated heterocycles. The molecule has 1 fully saturated rings. The minimum Gasteiger partial charge on any atom is -0.508 e. The lowest BCUT2D eigenvalue weighted by molar-refractivity contribution is -0.142. The van der Waals surface area contributed by atoms with Gasteiger partial charge in [-0.05, 0) is 85.5 Å². The zero-order valence-electron chi connectivity index (χ0n) is 26.3. The Morgan fingerprint density at radius 3 is 2.11 bits per heavy atom. The number of sulfone groups is 1. The summed E-state index contributed by atoms with van der Waals surface area (Å²) in [5.41, 5.74) is 1.59. The summed E-state index contributed by atoms with van der Waals surface area (Å²) in [4.78, 5) is 15.6. The summed E-state index contributed by atoms with van der Waals surface area (Å²) < 4.78 is 41.7. The minimum atomic E-state index is -3.33. The van der Waals surface area contributed by atoms with Crippen molar-refractivity contribution in [1.29, 1.82) is 0 Å². The average molecular weight is 649 g/mol. The number of benzene rings is 4. The van der Waals surface area contributed by atoms with Gasteiger partial charge in [0.25, 0.3) is 0 Å². The number of nitrogens with zero attached hydrogens (tertiary/aromatic N) is 2. The van der Waals surface area contributed by atoms with Crippen LogP contribution in [0, 0.1) is 0 Å². The molecule has 4 aromatic carbocycles. The summed E-state index contributed by atoms with van der Waals surface area (Å²) in [5, 5.41) is 20.4. The van der Waals surface area contributed by atoms with Crippen molar-refractivity contribution < 1.29 is 37.6 Å². The topological polar surface area (TPSA) is 126 Å². The van der Waals surface area contributed by atoms with Crippen molar-refractivity contribution in [1.82, 2.24) is 9.80 Å². The quantitative estimate of drug-likeness (QED) is 0.185. The van der Waals surface area contributed by atoms with E-state index in [0.29, 0.717) is 43.3 Å². The van der Waals surface area contributed by atoms with E-state index in [9.17, 15) is 18.3 Å². The molecule has 46 heavy (non-hydrogen) atoms. The van der Waals surface area contributed by atoms with Crippen molar-refractivity contribution in [3.05, 3.63) is 78.9 Å². The fraction of sp³-hybridized carbons (Fsp3) is 0.343. The van der Waals surface area contributed by atoms with E-state index in [2.05, 4.69) is 23.6 Å². The van der Waals surface area contributed by atoms with Crippen LogP contribution >= 0.6 is 0 Å². The maximum Gasteiger partial charge on any atom is 0.329 e. The molecule has 1 aliphatic rings. The van der Waals surface area contributed by atoms with Crippen LogP contribution in [0.2, 0.25) is 0 Å². The molecule has 0 spiro atoms. The standard InChI is InChI=1S/C35H40N2O8S/c1-24-22-37(25(2)21-36(24)16-18-43-23-34(39)40)17-19-44-29-8-10-30(11-9-29)45-35-32(14-6-27-20-28(38)7-15-33(27)35)26-4-12-31(13-5-26)46(3,41)42/h4-15,20,24-25,38H,16-19,21-23H2,1-3H3,(H,39,40)/t24-,25+/m0/s1. The average Bonchev–Trinajstić information content (AvgIpc) is 3.01. The molecule has 244 valence electrons. The van der Waals surface area contributed by atoms with Crippen LogP contribution in [-0.2, 0) is 19.4 Å². The van der Waals surface area contributed by atoms with E-state index in [1.165, 1.54) is 6.26 Å². The van der Waals surface area contributed by atoms with Crippen LogP contribution < -0.4 is 9.47 Å². The summed E-state index contributed by atoms with van der Waals surface area (Å²) in [6, 6.07) is 23.7. The van der Waals surface area contributed by atoms with E-state index in [1.54, 1.807) is 42.5 Å². The number of carboxylic acid groups (broad SMARTS) is 1. The van der Waals surface area contributed by atoms with Gasteiger partial charge in [-0.3, -0.25) is 9.80 Å². The number of rotatable bonds is 13. The lowest BCUT2D eigenvalue weighted by Crippen LogP contribution is -2.57. The Morgan fingerprint density at radius 1 is 0.848 bits per heavy atom. The van der Waals surface area contributed by atoms with Crippen LogP contribution in [0.15, 0.2) is 83.8 Å². The van der Waals surface area contributed by atoms with Crippen molar-refractivity contribution in [2.24, 2.45) is 0 Å². The molecule has 1 heterocycles. The molecule has 0 aromatic heterocycles. The molecule has 11 heteroatoms. The molecule has 0 aliphatic carbocycles. The number of hydrogen-bond donors (Lipinski definition) is 2. The molecule has 2 atom stereocenters.